The fraction of sp³-hybridized carbons (Fsp3) is 0.562. The van der Waals surface area contributed by atoms with E-state index < -0.39 is 5.82 Å². The number of halogens is 1. The van der Waals surface area contributed by atoms with E-state index in [0.29, 0.717) is 6.04 Å². The summed E-state index contributed by atoms with van der Waals surface area (Å²) in [4.78, 5) is 14.5. The molecule has 0 spiro atoms. The second kappa shape index (κ2) is 6.35. The van der Waals surface area contributed by atoms with Gasteiger partial charge in [0.05, 0.1) is 5.56 Å². The van der Waals surface area contributed by atoms with Crippen LogP contribution in [0.4, 0.5) is 4.39 Å². The molecule has 0 aliphatic carbocycles. The van der Waals surface area contributed by atoms with Crippen molar-refractivity contribution >= 4 is 5.91 Å². The first kappa shape index (κ1) is 15.0. The van der Waals surface area contributed by atoms with Gasteiger partial charge in [0, 0.05) is 25.2 Å². The predicted molar refractivity (Wildman–Crippen MR) is 78.3 cm³/mol. The Bertz CT molecular complexity index is 479. The van der Waals surface area contributed by atoms with Gasteiger partial charge in [-0.3, -0.25) is 4.79 Å². The molecule has 1 N–H and O–H groups in total. The summed E-state index contributed by atoms with van der Waals surface area (Å²) in [6, 6.07) is 5.42. The van der Waals surface area contributed by atoms with E-state index in [-0.39, 0.29) is 17.5 Å². The van der Waals surface area contributed by atoms with E-state index in [1.807, 2.05) is 6.92 Å². The van der Waals surface area contributed by atoms with E-state index in [4.69, 9.17) is 0 Å². The van der Waals surface area contributed by atoms with E-state index in [1.165, 1.54) is 6.07 Å². The van der Waals surface area contributed by atoms with Gasteiger partial charge in [0.25, 0.3) is 5.91 Å². The number of amides is 1. The van der Waals surface area contributed by atoms with Crippen molar-refractivity contribution in [2.45, 2.75) is 45.7 Å². The van der Waals surface area contributed by atoms with Crippen molar-refractivity contribution in [2.75, 3.05) is 13.1 Å². The number of nitrogens with zero attached hydrogens (tertiary/aromatic N) is 1. The number of piperidine rings is 1. The molecular weight excluding hydrogens is 255 g/mol. The molecule has 0 radical (unpaired) electrons. The average molecular weight is 278 g/mol. The Labute approximate surface area is 120 Å². The highest BCUT2D eigenvalue weighted by Crippen LogP contribution is 2.15. The van der Waals surface area contributed by atoms with Gasteiger partial charge in [0.2, 0.25) is 0 Å². The maximum atomic E-state index is 13.8. The van der Waals surface area contributed by atoms with Crippen LogP contribution in [0.15, 0.2) is 18.2 Å². The number of carbonyl (C=O) groups is 1. The number of aryl methyl sites for hydroxylation is 1. The molecule has 0 bridgehead atoms. The highest BCUT2D eigenvalue weighted by molar-refractivity contribution is 5.94. The van der Waals surface area contributed by atoms with Crippen molar-refractivity contribution in [2.24, 2.45) is 0 Å². The number of carbonyl (C=O) groups excluding carboxylic acids is 1. The molecule has 3 nitrogen and oxygen atoms in total. The molecule has 1 fully saturated rings. The Hall–Kier alpha value is -1.42. The fourth-order valence-corrected chi connectivity index (χ4v) is 2.63. The molecule has 1 amide bonds. The Morgan fingerprint density at radius 2 is 2.00 bits per heavy atom. The van der Waals surface area contributed by atoms with Crippen LogP contribution in [-0.2, 0) is 0 Å². The van der Waals surface area contributed by atoms with Gasteiger partial charge in [-0.25, -0.2) is 4.39 Å². The largest absolute Gasteiger partial charge is 0.349 e. The lowest BCUT2D eigenvalue weighted by Gasteiger charge is -2.34. The molecule has 1 heterocycles. The van der Waals surface area contributed by atoms with E-state index in [9.17, 15) is 9.18 Å². The molecular formula is C16H23FN2O. The van der Waals surface area contributed by atoms with Crippen molar-refractivity contribution in [3.05, 3.63) is 35.1 Å². The summed E-state index contributed by atoms with van der Waals surface area (Å²) in [5, 5.41) is 2.95. The Balaban J connectivity index is 1.92. The molecule has 0 saturated carbocycles. The van der Waals surface area contributed by atoms with Gasteiger partial charge in [-0.2, -0.15) is 0 Å². The van der Waals surface area contributed by atoms with Crippen molar-refractivity contribution in [1.82, 2.24) is 10.2 Å². The molecule has 4 heteroatoms. The fourth-order valence-electron chi connectivity index (χ4n) is 2.63. The third-order valence-corrected chi connectivity index (χ3v) is 3.96. The van der Waals surface area contributed by atoms with Crippen molar-refractivity contribution in [3.8, 4) is 0 Å². The number of rotatable bonds is 3. The summed E-state index contributed by atoms with van der Waals surface area (Å²) in [6.07, 6.45) is 1.86. The van der Waals surface area contributed by atoms with Crippen LogP contribution in [0.25, 0.3) is 0 Å². The SMILES string of the molecule is Cc1ccc(C(=O)NC2CCN(C(C)C)CC2)c(F)c1. The van der Waals surface area contributed by atoms with E-state index in [0.717, 1.165) is 31.5 Å². The predicted octanol–water partition coefficient (Wildman–Crippen LogP) is 2.74. The highest BCUT2D eigenvalue weighted by Gasteiger charge is 2.23. The molecule has 20 heavy (non-hydrogen) atoms. The van der Waals surface area contributed by atoms with Crippen LogP contribution >= 0.6 is 0 Å². The van der Waals surface area contributed by atoms with Crippen LogP contribution in [-0.4, -0.2) is 36.0 Å². The van der Waals surface area contributed by atoms with Gasteiger partial charge in [-0.05, 0) is 51.3 Å². The lowest BCUT2D eigenvalue weighted by molar-refractivity contribution is 0.0896. The van der Waals surface area contributed by atoms with Crippen LogP contribution in [0.3, 0.4) is 0 Å². The topological polar surface area (TPSA) is 32.3 Å². The molecule has 1 saturated heterocycles. The zero-order chi connectivity index (χ0) is 14.7. The van der Waals surface area contributed by atoms with Gasteiger partial charge < -0.3 is 10.2 Å². The van der Waals surface area contributed by atoms with E-state index in [1.54, 1.807) is 12.1 Å². The molecule has 1 aromatic carbocycles. The molecule has 1 aliphatic rings. The molecule has 0 atom stereocenters. The first-order valence-corrected chi connectivity index (χ1v) is 7.28. The van der Waals surface area contributed by atoms with Gasteiger partial charge in [0.1, 0.15) is 5.82 Å². The summed E-state index contributed by atoms with van der Waals surface area (Å²) in [5.74, 6) is -0.743. The molecule has 0 aromatic heterocycles. The first-order chi connectivity index (χ1) is 9.47. The van der Waals surface area contributed by atoms with E-state index in [2.05, 4.69) is 24.1 Å². The molecule has 1 aliphatic heterocycles. The number of nitrogens with one attached hydrogen (secondary N) is 1. The van der Waals surface area contributed by atoms with Crippen LogP contribution in [0.2, 0.25) is 0 Å². The minimum absolute atomic E-state index is 0.141. The number of hydrogen-bond donors (Lipinski definition) is 1. The summed E-state index contributed by atoms with van der Waals surface area (Å²) in [6.45, 7) is 8.14. The van der Waals surface area contributed by atoms with Crippen LogP contribution < -0.4 is 5.32 Å². The van der Waals surface area contributed by atoms with E-state index >= 15 is 0 Å². The smallest absolute Gasteiger partial charge is 0.254 e. The summed E-state index contributed by atoms with van der Waals surface area (Å²) in [5.41, 5.74) is 0.964. The summed E-state index contributed by atoms with van der Waals surface area (Å²) in [7, 11) is 0. The van der Waals surface area contributed by atoms with Crippen molar-refractivity contribution in [3.63, 3.8) is 0 Å². The number of benzene rings is 1. The monoisotopic (exact) mass is 278 g/mol. The van der Waals surface area contributed by atoms with Gasteiger partial charge in [-0.15, -0.1) is 0 Å². The minimum Gasteiger partial charge on any atom is -0.349 e. The minimum atomic E-state index is -0.442. The van der Waals surface area contributed by atoms with Crippen molar-refractivity contribution in [1.29, 1.82) is 0 Å². The Morgan fingerprint density at radius 3 is 2.55 bits per heavy atom. The molecule has 1 aromatic rings. The van der Waals surface area contributed by atoms with Gasteiger partial charge in [0.15, 0.2) is 0 Å². The normalized spacial score (nSPS) is 17.4. The maximum Gasteiger partial charge on any atom is 0.254 e. The maximum absolute atomic E-state index is 13.8. The average Bonchev–Trinajstić information content (AvgIpc) is 2.39. The van der Waals surface area contributed by atoms with Crippen LogP contribution in [0.5, 0.6) is 0 Å². The lowest BCUT2D eigenvalue weighted by Crippen LogP contribution is -2.46. The summed E-state index contributed by atoms with van der Waals surface area (Å²) < 4.78 is 13.8. The summed E-state index contributed by atoms with van der Waals surface area (Å²) >= 11 is 0. The Kier molecular flexibility index (Phi) is 4.76. The molecule has 110 valence electrons. The standard InChI is InChI=1S/C16H23FN2O/c1-11(2)19-8-6-13(7-9-19)18-16(20)14-5-4-12(3)10-15(14)17/h4-5,10-11,13H,6-9H2,1-3H3,(H,18,20). The number of likely N-dealkylation sites (tertiary alicyclic amines) is 1. The van der Waals surface area contributed by atoms with Gasteiger partial charge >= 0.3 is 0 Å². The lowest BCUT2D eigenvalue weighted by atomic mass is 10.0. The quantitative estimate of drug-likeness (QED) is 0.922. The van der Waals surface area contributed by atoms with Crippen LogP contribution in [0, 0.1) is 12.7 Å². The highest BCUT2D eigenvalue weighted by atomic mass is 19.1. The first-order valence-electron chi connectivity index (χ1n) is 7.28. The molecule has 2 rings (SSSR count). The third kappa shape index (κ3) is 3.57. The second-order valence-corrected chi connectivity index (χ2v) is 5.86. The Morgan fingerprint density at radius 1 is 1.35 bits per heavy atom. The third-order valence-electron chi connectivity index (χ3n) is 3.96. The molecule has 0 unspecified atom stereocenters. The zero-order valence-electron chi connectivity index (χ0n) is 12.4. The van der Waals surface area contributed by atoms with Crippen molar-refractivity contribution < 1.29 is 9.18 Å². The van der Waals surface area contributed by atoms with Gasteiger partial charge in [-0.1, -0.05) is 6.07 Å². The number of hydrogen-bond acceptors (Lipinski definition) is 2. The zero-order valence-corrected chi connectivity index (χ0v) is 12.4. The van der Waals surface area contributed by atoms with Crippen LogP contribution in [0.1, 0.15) is 42.6 Å². The second-order valence-electron chi connectivity index (χ2n) is 5.86.